The second-order valence-electron chi connectivity index (χ2n) is 3.79. The van der Waals surface area contributed by atoms with Crippen LogP contribution in [0.5, 0.6) is 0 Å². The molecule has 2 rings (SSSR count). The van der Waals surface area contributed by atoms with E-state index in [2.05, 4.69) is 54.6 Å². The summed E-state index contributed by atoms with van der Waals surface area (Å²) in [6, 6.07) is 10.5. The van der Waals surface area contributed by atoms with E-state index in [4.69, 9.17) is 0 Å². The predicted octanol–water partition coefficient (Wildman–Crippen LogP) is 4.06. The van der Waals surface area contributed by atoms with E-state index in [-0.39, 0.29) is 0 Å². The third kappa shape index (κ3) is 2.59. The Bertz CT molecular complexity index is 319. The molecular formula is C14H16. The Morgan fingerprint density at radius 2 is 2.00 bits per heavy atom. The number of allylic oxidation sites excluding steroid dienone is 3. The lowest BCUT2D eigenvalue weighted by Crippen LogP contribution is -1.95. The molecule has 0 bridgehead atoms. The first-order valence-electron chi connectivity index (χ1n) is 5.35. The molecule has 0 nitrogen and oxygen atoms in total. The summed E-state index contributed by atoms with van der Waals surface area (Å²) in [5.41, 5.74) is 1.30. The fraction of sp³-hybridized carbons (Fsp3) is 0.286. The summed E-state index contributed by atoms with van der Waals surface area (Å²) < 4.78 is 0. The Hall–Kier alpha value is -1.30. The van der Waals surface area contributed by atoms with E-state index in [0.29, 0.717) is 5.92 Å². The molecular weight excluding hydrogens is 168 g/mol. The third-order valence-corrected chi connectivity index (χ3v) is 2.63. The van der Waals surface area contributed by atoms with Gasteiger partial charge in [0.1, 0.15) is 0 Å². The molecule has 1 aliphatic rings. The average Bonchev–Trinajstić information content (AvgIpc) is 2.29. The molecule has 0 saturated carbocycles. The maximum Gasteiger partial charge on any atom is -0.00501 e. The van der Waals surface area contributed by atoms with Crippen LogP contribution in [0.15, 0.2) is 48.6 Å². The van der Waals surface area contributed by atoms with Crippen LogP contribution in [0.1, 0.15) is 24.8 Å². The molecule has 0 fully saturated rings. The summed E-state index contributed by atoms with van der Waals surface area (Å²) in [5.74, 6) is 0.656. The quantitative estimate of drug-likeness (QED) is 0.608. The Labute approximate surface area is 86.0 Å². The molecule has 0 amide bonds. The Balaban J connectivity index is 1.99. The molecule has 1 atom stereocenters. The van der Waals surface area contributed by atoms with Crippen molar-refractivity contribution in [3.05, 3.63) is 54.1 Å². The van der Waals surface area contributed by atoms with Gasteiger partial charge in [-0.3, -0.25) is 0 Å². The molecule has 14 heavy (non-hydrogen) atoms. The lowest BCUT2D eigenvalue weighted by atomic mass is 9.95. The molecule has 0 N–H and O–H groups in total. The molecule has 1 aromatic rings. The zero-order valence-electron chi connectivity index (χ0n) is 8.39. The average molecular weight is 184 g/mol. The molecule has 0 spiro atoms. The fourth-order valence-electron chi connectivity index (χ4n) is 1.80. The van der Waals surface area contributed by atoms with Gasteiger partial charge in [-0.15, -0.1) is 0 Å². The van der Waals surface area contributed by atoms with Gasteiger partial charge in [0.15, 0.2) is 0 Å². The normalized spacial score (nSPS) is 21.6. The number of hydrogen-bond donors (Lipinski definition) is 0. The minimum absolute atomic E-state index is 0.656. The maximum atomic E-state index is 2.32. The van der Waals surface area contributed by atoms with Crippen molar-refractivity contribution < 1.29 is 0 Å². The van der Waals surface area contributed by atoms with Gasteiger partial charge >= 0.3 is 0 Å². The zero-order chi connectivity index (χ0) is 9.64. The first-order valence-corrected chi connectivity index (χ1v) is 5.35. The highest BCUT2D eigenvalue weighted by Gasteiger charge is 2.03. The van der Waals surface area contributed by atoms with Crippen LogP contribution in [0.4, 0.5) is 0 Å². The molecule has 1 aromatic carbocycles. The molecule has 0 radical (unpaired) electrons. The smallest absolute Gasteiger partial charge is 0.00501 e. The summed E-state index contributed by atoms with van der Waals surface area (Å²) in [6.07, 6.45) is 13.0. The fourth-order valence-corrected chi connectivity index (χ4v) is 1.80. The lowest BCUT2D eigenvalue weighted by Gasteiger charge is -2.11. The minimum atomic E-state index is 0.656. The first-order chi connectivity index (χ1) is 6.95. The molecule has 0 unspecified atom stereocenters. The summed E-state index contributed by atoms with van der Waals surface area (Å²) in [6.45, 7) is 0. The van der Waals surface area contributed by atoms with Crippen LogP contribution in [0.3, 0.4) is 0 Å². The highest BCUT2D eigenvalue weighted by Crippen LogP contribution is 2.19. The maximum absolute atomic E-state index is 2.32. The Kier molecular flexibility index (Phi) is 3.18. The van der Waals surface area contributed by atoms with E-state index in [1.807, 2.05) is 0 Å². The van der Waals surface area contributed by atoms with Gasteiger partial charge < -0.3 is 0 Å². The van der Waals surface area contributed by atoms with Crippen LogP contribution in [0, 0.1) is 5.92 Å². The predicted molar refractivity (Wildman–Crippen MR) is 62.0 cm³/mol. The highest BCUT2D eigenvalue weighted by molar-refractivity contribution is 5.49. The van der Waals surface area contributed by atoms with Crippen LogP contribution >= 0.6 is 0 Å². The van der Waals surface area contributed by atoms with Crippen LogP contribution in [0.25, 0.3) is 6.08 Å². The summed E-state index contributed by atoms with van der Waals surface area (Å²) in [4.78, 5) is 0. The van der Waals surface area contributed by atoms with Gasteiger partial charge in [-0.1, -0.05) is 54.6 Å². The van der Waals surface area contributed by atoms with Gasteiger partial charge in [-0.25, -0.2) is 0 Å². The SMILES string of the molecule is C1=C[C@H](/C=C\c2ccccc2)CCC1. The second kappa shape index (κ2) is 4.80. The minimum Gasteiger partial charge on any atom is -0.0879 e. The third-order valence-electron chi connectivity index (χ3n) is 2.63. The highest BCUT2D eigenvalue weighted by atomic mass is 14.1. The van der Waals surface area contributed by atoms with Crippen molar-refractivity contribution in [2.75, 3.05) is 0 Å². The van der Waals surface area contributed by atoms with Gasteiger partial charge in [-0.2, -0.15) is 0 Å². The summed E-state index contributed by atoms with van der Waals surface area (Å²) in [5, 5.41) is 0. The van der Waals surface area contributed by atoms with Gasteiger partial charge in [0.05, 0.1) is 0 Å². The van der Waals surface area contributed by atoms with E-state index in [0.717, 1.165) is 0 Å². The van der Waals surface area contributed by atoms with E-state index < -0.39 is 0 Å². The molecule has 1 aliphatic carbocycles. The lowest BCUT2D eigenvalue weighted by molar-refractivity contribution is 0.632. The Morgan fingerprint density at radius 3 is 2.71 bits per heavy atom. The summed E-state index contributed by atoms with van der Waals surface area (Å²) >= 11 is 0. The molecule has 0 heteroatoms. The van der Waals surface area contributed by atoms with Crippen LogP contribution in [-0.2, 0) is 0 Å². The second-order valence-corrected chi connectivity index (χ2v) is 3.79. The molecule has 72 valence electrons. The summed E-state index contributed by atoms with van der Waals surface area (Å²) in [7, 11) is 0. The number of benzene rings is 1. The molecule has 0 saturated heterocycles. The topological polar surface area (TPSA) is 0 Å². The molecule has 0 aromatic heterocycles. The van der Waals surface area contributed by atoms with Crippen molar-refractivity contribution in [1.82, 2.24) is 0 Å². The van der Waals surface area contributed by atoms with Crippen LogP contribution in [0.2, 0.25) is 0 Å². The van der Waals surface area contributed by atoms with E-state index in [1.54, 1.807) is 0 Å². The van der Waals surface area contributed by atoms with Crippen molar-refractivity contribution in [3.63, 3.8) is 0 Å². The van der Waals surface area contributed by atoms with Crippen molar-refractivity contribution >= 4 is 6.08 Å². The monoisotopic (exact) mass is 184 g/mol. The number of rotatable bonds is 2. The largest absolute Gasteiger partial charge is 0.0879 e. The van der Waals surface area contributed by atoms with Crippen molar-refractivity contribution in [2.24, 2.45) is 5.92 Å². The van der Waals surface area contributed by atoms with Gasteiger partial charge in [-0.05, 0) is 30.7 Å². The first kappa shape index (κ1) is 9.26. The number of hydrogen-bond acceptors (Lipinski definition) is 0. The van der Waals surface area contributed by atoms with Gasteiger partial charge in [0, 0.05) is 0 Å². The van der Waals surface area contributed by atoms with Gasteiger partial charge in [0.2, 0.25) is 0 Å². The van der Waals surface area contributed by atoms with Crippen molar-refractivity contribution in [2.45, 2.75) is 19.3 Å². The van der Waals surface area contributed by atoms with Gasteiger partial charge in [0.25, 0.3) is 0 Å². The molecule has 0 aliphatic heterocycles. The van der Waals surface area contributed by atoms with E-state index in [9.17, 15) is 0 Å². The van der Waals surface area contributed by atoms with Crippen molar-refractivity contribution in [3.8, 4) is 0 Å². The van der Waals surface area contributed by atoms with Crippen molar-refractivity contribution in [1.29, 1.82) is 0 Å². The zero-order valence-corrected chi connectivity index (χ0v) is 8.39. The standard InChI is InChI=1S/C14H16/c1-3-7-13(8-4-1)11-12-14-9-5-2-6-10-14/h1,3-5,7-9,11-12,14H,2,6,10H2/b12-11-/t14-/m0/s1. The van der Waals surface area contributed by atoms with E-state index >= 15 is 0 Å². The van der Waals surface area contributed by atoms with Crippen LogP contribution < -0.4 is 0 Å². The van der Waals surface area contributed by atoms with Crippen LogP contribution in [-0.4, -0.2) is 0 Å². The molecule has 0 heterocycles. The Morgan fingerprint density at radius 1 is 1.14 bits per heavy atom. The van der Waals surface area contributed by atoms with E-state index in [1.165, 1.54) is 24.8 Å².